The van der Waals surface area contributed by atoms with E-state index in [-0.39, 0.29) is 6.10 Å². The van der Waals surface area contributed by atoms with Crippen LogP contribution in [0.3, 0.4) is 0 Å². The fourth-order valence-electron chi connectivity index (χ4n) is 2.35. The first-order chi connectivity index (χ1) is 12.3. The van der Waals surface area contributed by atoms with E-state index < -0.39 is 6.03 Å². The minimum absolute atomic E-state index is 0.0772. The molecule has 0 bridgehead atoms. The molecule has 0 aliphatic rings. The Labute approximate surface area is 158 Å². The molecule has 0 unspecified atom stereocenters. The zero-order valence-corrected chi connectivity index (χ0v) is 16.2. The number of hydrogen-bond donors (Lipinski definition) is 2. The molecular formula is C19H23ClN2O4. The van der Waals surface area contributed by atoms with Gasteiger partial charge in [-0.2, -0.15) is 0 Å². The molecular weight excluding hydrogens is 356 g/mol. The van der Waals surface area contributed by atoms with Crippen LogP contribution in [0.4, 0.5) is 16.2 Å². The molecule has 2 rings (SSSR count). The number of methoxy groups -OCH3 is 2. The summed E-state index contributed by atoms with van der Waals surface area (Å²) >= 11 is 6.19. The van der Waals surface area contributed by atoms with E-state index in [4.69, 9.17) is 25.8 Å². The molecule has 2 N–H and O–H groups in total. The van der Waals surface area contributed by atoms with E-state index in [1.807, 2.05) is 20.8 Å². The number of ether oxygens (including phenoxy) is 3. The van der Waals surface area contributed by atoms with Crippen LogP contribution >= 0.6 is 11.6 Å². The maximum absolute atomic E-state index is 12.4. The number of para-hydroxylation sites is 1. The van der Waals surface area contributed by atoms with E-state index >= 15 is 0 Å². The lowest BCUT2D eigenvalue weighted by molar-refractivity contribution is 0.243. The molecule has 2 aromatic rings. The molecule has 2 amide bonds. The Hall–Kier alpha value is -2.60. The monoisotopic (exact) mass is 378 g/mol. The molecule has 2 aromatic carbocycles. The molecule has 7 heteroatoms. The van der Waals surface area contributed by atoms with E-state index in [0.29, 0.717) is 33.6 Å². The average Bonchev–Trinajstić information content (AvgIpc) is 2.59. The average molecular weight is 379 g/mol. The Morgan fingerprint density at radius 3 is 2.27 bits per heavy atom. The summed E-state index contributed by atoms with van der Waals surface area (Å²) in [7, 11) is 3.10. The highest BCUT2D eigenvalue weighted by molar-refractivity contribution is 6.32. The van der Waals surface area contributed by atoms with Gasteiger partial charge in [-0.05, 0) is 44.5 Å². The third kappa shape index (κ3) is 4.73. The summed E-state index contributed by atoms with van der Waals surface area (Å²) in [6.07, 6.45) is -0.0772. The lowest BCUT2D eigenvalue weighted by Gasteiger charge is -2.17. The summed E-state index contributed by atoms with van der Waals surface area (Å²) in [6, 6.07) is 8.26. The number of nitrogens with one attached hydrogen (secondary N) is 2. The third-order valence-corrected chi connectivity index (χ3v) is 3.85. The van der Waals surface area contributed by atoms with E-state index in [1.54, 1.807) is 44.6 Å². The molecule has 0 saturated carbocycles. The van der Waals surface area contributed by atoms with Crippen LogP contribution in [-0.2, 0) is 0 Å². The summed E-state index contributed by atoms with van der Waals surface area (Å²) in [5, 5.41) is 6.00. The maximum Gasteiger partial charge on any atom is 0.323 e. The minimum Gasteiger partial charge on any atom is -0.493 e. The number of urea groups is 1. The SMILES string of the molecule is COc1cc(C)c(NC(=O)Nc2cccc(Cl)c2OC(C)C)cc1OC. The van der Waals surface area contributed by atoms with Gasteiger partial charge in [0, 0.05) is 11.8 Å². The topological polar surface area (TPSA) is 68.8 Å². The van der Waals surface area contributed by atoms with Gasteiger partial charge in [-0.25, -0.2) is 4.79 Å². The standard InChI is InChI=1S/C19H23ClN2O4/c1-11(2)26-18-13(20)7-6-8-14(18)21-19(23)22-15-10-17(25-5)16(24-4)9-12(15)3/h6-11H,1-5H3,(H2,21,22,23). The number of carbonyl (C=O) groups is 1. The third-order valence-electron chi connectivity index (χ3n) is 3.55. The molecule has 0 saturated heterocycles. The number of hydrogen-bond acceptors (Lipinski definition) is 4. The number of anilines is 2. The largest absolute Gasteiger partial charge is 0.493 e. The quantitative estimate of drug-likeness (QED) is 0.734. The summed E-state index contributed by atoms with van der Waals surface area (Å²) in [4.78, 5) is 12.4. The van der Waals surface area contributed by atoms with Crippen molar-refractivity contribution in [3.63, 3.8) is 0 Å². The predicted molar refractivity (Wildman–Crippen MR) is 104 cm³/mol. The van der Waals surface area contributed by atoms with Gasteiger partial charge in [-0.15, -0.1) is 0 Å². The Morgan fingerprint density at radius 1 is 1.04 bits per heavy atom. The van der Waals surface area contributed by atoms with Gasteiger partial charge in [0.2, 0.25) is 0 Å². The fraction of sp³-hybridized carbons (Fsp3) is 0.316. The second kappa shape index (κ2) is 8.67. The first-order valence-corrected chi connectivity index (χ1v) is 8.49. The first-order valence-electron chi connectivity index (χ1n) is 8.11. The van der Waals surface area contributed by atoms with E-state index in [9.17, 15) is 4.79 Å². The molecule has 0 radical (unpaired) electrons. The van der Waals surface area contributed by atoms with Gasteiger partial charge in [0.25, 0.3) is 0 Å². The van der Waals surface area contributed by atoms with Crippen molar-refractivity contribution < 1.29 is 19.0 Å². The number of aryl methyl sites for hydroxylation is 1. The first kappa shape index (κ1) is 19.7. The Kier molecular flexibility index (Phi) is 6.58. The van der Waals surface area contributed by atoms with Crippen molar-refractivity contribution in [1.29, 1.82) is 0 Å². The molecule has 6 nitrogen and oxygen atoms in total. The second-order valence-corrected chi connectivity index (χ2v) is 6.29. The Morgan fingerprint density at radius 2 is 1.65 bits per heavy atom. The van der Waals surface area contributed by atoms with E-state index in [1.165, 1.54) is 0 Å². The van der Waals surface area contributed by atoms with Crippen LogP contribution < -0.4 is 24.8 Å². The summed E-state index contributed by atoms with van der Waals surface area (Å²) < 4.78 is 16.2. The highest BCUT2D eigenvalue weighted by atomic mass is 35.5. The van der Waals surface area contributed by atoms with Crippen LogP contribution in [0.2, 0.25) is 5.02 Å². The zero-order chi connectivity index (χ0) is 19.3. The zero-order valence-electron chi connectivity index (χ0n) is 15.5. The normalized spacial score (nSPS) is 10.4. The molecule has 0 spiro atoms. The van der Waals surface area contributed by atoms with Gasteiger partial charge >= 0.3 is 6.03 Å². The lowest BCUT2D eigenvalue weighted by atomic mass is 10.1. The maximum atomic E-state index is 12.4. The molecule has 0 atom stereocenters. The van der Waals surface area contributed by atoms with Crippen molar-refractivity contribution in [2.45, 2.75) is 26.9 Å². The van der Waals surface area contributed by atoms with Gasteiger partial charge in [0.05, 0.1) is 31.0 Å². The van der Waals surface area contributed by atoms with Crippen molar-refractivity contribution in [1.82, 2.24) is 0 Å². The molecule has 0 aliphatic carbocycles. The van der Waals surface area contributed by atoms with Crippen molar-refractivity contribution in [3.05, 3.63) is 40.9 Å². The Balaban J connectivity index is 2.21. The molecule has 0 aromatic heterocycles. The molecule has 26 heavy (non-hydrogen) atoms. The van der Waals surface area contributed by atoms with Crippen LogP contribution in [0, 0.1) is 6.92 Å². The van der Waals surface area contributed by atoms with Crippen LogP contribution in [-0.4, -0.2) is 26.4 Å². The highest BCUT2D eigenvalue weighted by Crippen LogP contribution is 2.35. The van der Waals surface area contributed by atoms with Gasteiger partial charge in [-0.3, -0.25) is 0 Å². The highest BCUT2D eigenvalue weighted by Gasteiger charge is 2.15. The predicted octanol–water partition coefficient (Wildman–Crippen LogP) is 5.10. The number of benzene rings is 2. The van der Waals surface area contributed by atoms with Crippen molar-refractivity contribution in [2.24, 2.45) is 0 Å². The van der Waals surface area contributed by atoms with Gasteiger partial charge < -0.3 is 24.8 Å². The Bertz CT molecular complexity index is 793. The smallest absolute Gasteiger partial charge is 0.323 e. The van der Waals surface area contributed by atoms with Gasteiger partial charge in [0.1, 0.15) is 0 Å². The van der Waals surface area contributed by atoms with Crippen molar-refractivity contribution in [2.75, 3.05) is 24.9 Å². The van der Waals surface area contributed by atoms with Crippen LogP contribution in [0.5, 0.6) is 17.2 Å². The molecule has 0 fully saturated rings. The number of halogens is 1. The van der Waals surface area contributed by atoms with Crippen LogP contribution in [0.1, 0.15) is 19.4 Å². The van der Waals surface area contributed by atoms with Crippen LogP contribution in [0.25, 0.3) is 0 Å². The van der Waals surface area contributed by atoms with Crippen molar-refractivity contribution in [3.8, 4) is 17.2 Å². The van der Waals surface area contributed by atoms with Gasteiger partial charge in [-0.1, -0.05) is 17.7 Å². The number of rotatable bonds is 6. The fourth-order valence-corrected chi connectivity index (χ4v) is 2.57. The van der Waals surface area contributed by atoms with Gasteiger partial charge in [0.15, 0.2) is 17.2 Å². The molecule has 0 aliphatic heterocycles. The van der Waals surface area contributed by atoms with E-state index in [2.05, 4.69) is 10.6 Å². The van der Waals surface area contributed by atoms with Crippen molar-refractivity contribution >= 4 is 29.0 Å². The lowest BCUT2D eigenvalue weighted by Crippen LogP contribution is -2.21. The molecule has 140 valence electrons. The number of carbonyl (C=O) groups excluding carboxylic acids is 1. The van der Waals surface area contributed by atoms with Crippen LogP contribution in [0.15, 0.2) is 30.3 Å². The summed E-state index contributed by atoms with van der Waals surface area (Å²) in [6.45, 7) is 5.64. The second-order valence-electron chi connectivity index (χ2n) is 5.88. The minimum atomic E-state index is -0.420. The number of amides is 2. The summed E-state index contributed by atoms with van der Waals surface area (Å²) in [5.74, 6) is 1.56. The summed E-state index contributed by atoms with van der Waals surface area (Å²) in [5.41, 5.74) is 1.93. The van der Waals surface area contributed by atoms with E-state index in [0.717, 1.165) is 5.56 Å². The molecule has 0 heterocycles.